The van der Waals surface area contributed by atoms with Crippen LogP contribution in [0.5, 0.6) is 0 Å². The number of aryl methyl sites for hydroxylation is 1. The highest BCUT2D eigenvalue weighted by Gasteiger charge is 2.31. The zero-order chi connectivity index (χ0) is 10.1. The van der Waals surface area contributed by atoms with Crippen molar-refractivity contribution in [1.29, 1.82) is 0 Å². The first-order chi connectivity index (χ1) is 6.66. The standard InChI is InChI=1S/C10H13NO3/c1-6-2-5-9(14-6)7-3-4-8(11-7)10(12)13/h2,5,7-8,11H,3-4H2,1H3,(H,12,13)/t7-,8-/m1/s1. The van der Waals surface area contributed by atoms with Crippen LogP contribution in [0.4, 0.5) is 0 Å². The van der Waals surface area contributed by atoms with Gasteiger partial charge in [-0.05, 0) is 31.9 Å². The normalized spacial score (nSPS) is 26.6. The molecule has 0 radical (unpaired) electrons. The van der Waals surface area contributed by atoms with E-state index in [9.17, 15) is 4.79 Å². The molecule has 1 aliphatic heterocycles. The third-order valence-corrected chi connectivity index (χ3v) is 2.55. The van der Waals surface area contributed by atoms with Crippen molar-refractivity contribution in [3.8, 4) is 0 Å². The van der Waals surface area contributed by atoms with Crippen LogP contribution in [0.15, 0.2) is 16.5 Å². The van der Waals surface area contributed by atoms with Crippen LogP contribution in [-0.2, 0) is 4.79 Å². The van der Waals surface area contributed by atoms with Crippen molar-refractivity contribution >= 4 is 5.97 Å². The maximum absolute atomic E-state index is 10.7. The van der Waals surface area contributed by atoms with Crippen LogP contribution >= 0.6 is 0 Å². The second kappa shape index (κ2) is 3.46. The van der Waals surface area contributed by atoms with Gasteiger partial charge in [0.25, 0.3) is 0 Å². The summed E-state index contributed by atoms with van der Waals surface area (Å²) in [5.41, 5.74) is 0. The summed E-state index contributed by atoms with van der Waals surface area (Å²) in [5.74, 6) is 0.919. The molecule has 2 heterocycles. The predicted molar refractivity (Wildman–Crippen MR) is 50.0 cm³/mol. The summed E-state index contributed by atoms with van der Waals surface area (Å²) < 4.78 is 5.44. The summed E-state index contributed by atoms with van der Waals surface area (Å²) >= 11 is 0. The SMILES string of the molecule is Cc1ccc([C@H]2CC[C@H](C(=O)O)N2)o1. The van der Waals surface area contributed by atoms with Gasteiger partial charge >= 0.3 is 5.97 Å². The summed E-state index contributed by atoms with van der Waals surface area (Å²) in [4.78, 5) is 10.7. The lowest BCUT2D eigenvalue weighted by molar-refractivity contribution is -0.139. The van der Waals surface area contributed by atoms with Crippen molar-refractivity contribution in [3.05, 3.63) is 23.7 Å². The molecule has 1 aromatic rings. The third-order valence-electron chi connectivity index (χ3n) is 2.55. The number of carboxylic acid groups (broad SMARTS) is 1. The van der Waals surface area contributed by atoms with Gasteiger partial charge in [0.15, 0.2) is 0 Å². The molecule has 1 aromatic heterocycles. The van der Waals surface area contributed by atoms with Gasteiger partial charge in [0, 0.05) is 0 Å². The molecule has 1 aliphatic rings. The molecule has 4 nitrogen and oxygen atoms in total. The first kappa shape index (κ1) is 9.27. The van der Waals surface area contributed by atoms with E-state index >= 15 is 0 Å². The molecule has 2 atom stereocenters. The lowest BCUT2D eigenvalue weighted by Crippen LogP contribution is -2.31. The summed E-state index contributed by atoms with van der Waals surface area (Å²) in [6.07, 6.45) is 1.49. The minimum atomic E-state index is -0.782. The van der Waals surface area contributed by atoms with Gasteiger partial charge in [-0.15, -0.1) is 0 Å². The Kier molecular flexibility index (Phi) is 2.29. The lowest BCUT2D eigenvalue weighted by Gasteiger charge is -2.08. The van der Waals surface area contributed by atoms with Gasteiger partial charge in [-0.3, -0.25) is 10.1 Å². The van der Waals surface area contributed by atoms with Crippen molar-refractivity contribution in [2.24, 2.45) is 0 Å². The second-order valence-electron chi connectivity index (χ2n) is 3.64. The van der Waals surface area contributed by atoms with Crippen molar-refractivity contribution in [1.82, 2.24) is 5.32 Å². The topological polar surface area (TPSA) is 62.5 Å². The Balaban J connectivity index is 2.05. The molecule has 1 fully saturated rings. The summed E-state index contributed by atoms with van der Waals surface area (Å²) in [6.45, 7) is 1.88. The number of furan rings is 1. The Labute approximate surface area is 81.9 Å². The molecule has 0 aromatic carbocycles. The van der Waals surface area contributed by atoms with E-state index in [2.05, 4.69) is 5.32 Å². The van der Waals surface area contributed by atoms with Crippen LogP contribution in [-0.4, -0.2) is 17.1 Å². The predicted octanol–water partition coefficient (Wildman–Crippen LogP) is 1.47. The average Bonchev–Trinajstić information content (AvgIpc) is 2.70. The molecule has 76 valence electrons. The van der Waals surface area contributed by atoms with E-state index in [0.717, 1.165) is 17.9 Å². The van der Waals surface area contributed by atoms with E-state index in [1.165, 1.54) is 0 Å². The van der Waals surface area contributed by atoms with Crippen molar-refractivity contribution in [3.63, 3.8) is 0 Å². The molecule has 4 heteroatoms. The molecule has 0 saturated carbocycles. The molecular weight excluding hydrogens is 182 g/mol. The van der Waals surface area contributed by atoms with E-state index in [1.54, 1.807) is 0 Å². The molecule has 0 amide bonds. The number of carboxylic acids is 1. The fourth-order valence-electron chi connectivity index (χ4n) is 1.80. The van der Waals surface area contributed by atoms with Crippen LogP contribution in [0.1, 0.15) is 30.4 Å². The largest absolute Gasteiger partial charge is 0.480 e. The first-order valence-corrected chi connectivity index (χ1v) is 4.72. The Morgan fingerprint density at radius 2 is 2.36 bits per heavy atom. The number of hydrogen-bond acceptors (Lipinski definition) is 3. The van der Waals surface area contributed by atoms with Gasteiger partial charge in [0.2, 0.25) is 0 Å². The fraction of sp³-hybridized carbons (Fsp3) is 0.500. The van der Waals surface area contributed by atoms with Crippen LogP contribution < -0.4 is 5.32 Å². The molecule has 0 unspecified atom stereocenters. The molecule has 2 rings (SSSR count). The maximum Gasteiger partial charge on any atom is 0.320 e. The monoisotopic (exact) mass is 195 g/mol. The van der Waals surface area contributed by atoms with E-state index < -0.39 is 12.0 Å². The first-order valence-electron chi connectivity index (χ1n) is 4.72. The third kappa shape index (κ3) is 1.65. The highest BCUT2D eigenvalue weighted by Crippen LogP contribution is 2.27. The van der Waals surface area contributed by atoms with Gasteiger partial charge in [-0.1, -0.05) is 0 Å². The number of rotatable bonds is 2. The van der Waals surface area contributed by atoms with Crippen molar-refractivity contribution in [2.75, 3.05) is 0 Å². The highest BCUT2D eigenvalue weighted by molar-refractivity contribution is 5.73. The number of carbonyl (C=O) groups is 1. The zero-order valence-corrected chi connectivity index (χ0v) is 7.99. The zero-order valence-electron chi connectivity index (χ0n) is 7.99. The van der Waals surface area contributed by atoms with Gasteiger partial charge in [-0.2, -0.15) is 0 Å². The van der Waals surface area contributed by atoms with Gasteiger partial charge < -0.3 is 9.52 Å². The lowest BCUT2D eigenvalue weighted by atomic mass is 10.1. The molecule has 1 saturated heterocycles. The average molecular weight is 195 g/mol. The van der Waals surface area contributed by atoms with Gasteiger partial charge in [-0.25, -0.2) is 0 Å². The fourth-order valence-corrected chi connectivity index (χ4v) is 1.80. The van der Waals surface area contributed by atoms with Crippen LogP contribution in [0.25, 0.3) is 0 Å². The minimum absolute atomic E-state index is 0.0600. The molecule has 0 spiro atoms. The summed E-state index contributed by atoms with van der Waals surface area (Å²) in [7, 11) is 0. The Morgan fingerprint density at radius 1 is 1.57 bits per heavy atom. The van der Waals surface area contributed by atoms with Crippen LogP contribution in [0, 0.1) is 6.92 Å². The number of hydrogen-bond donors (Lipinski definition) is 2. The molecule has 2 N–H and O–H groups in total. The van der Waals surface area contributed by atoms with E-state index in [0.29, 0.717) is 6.42 Å². The number of nitrogens with one attached hydrogen (secondary N) is 1. The van der Waals surface area contributed by atoms with E-state index in [4.69, 9.17) is 9.52 Å². The minimum Gasteiger partial charge on any atom is -0.480 e. The number of aliphatic carboxylic acids is 1. The summed E-state index contributed by atoms with van der Waals surface area (Å²) in [6, 6.07) is 3.43. The molecule has 0 bridgehead atoms. The molecule has 0 aliphatic carbocycles. The van der Waals surface area contributed by atoms with E-state index in [-0.39, 0.29) is 6.04 Å². The Morgan fingerprint density at radius 3 is 2.86 bits per heavy atom. The van der Waals surface area contributed by atoms with Gasteiger partial charge in [0.05, 0.1) is 6.04 Å². The van der Waals surface area contributed by atoms with Crippen LogP contribution in [0.3, 0.4) is 0 Å². The smallest absolute Gasteiger partial charge is 0.320 e. The highest BCUT2D eigenvalue weighted by atomic mass is 16.4. The van der Waals surface area contributed by atoms with Crippen molar-refractivity contribution in [2.45, 2.75) is 31.8 Å². The van der Waals surface area contributed by atoms with Crippen LogP contribution in [0.2, 0.25) is 0 Å². The molecular formula is C10H13NO3. The Bertz CT molecular complexity index is 345. The maximum atomic E-state index is 10.7. The quantitative estimate of drug-likeness (QED) is 0.750. The van der Waals surface area contributed by atoms with Crippen molar-refractivity contribution < 1.29 is 14.3 Å². The van der Waals surface area contributed by atoms with Gasteiger partial charge in [0.1, 0.15) is 17.6 Å². The Hall–Kier alpha value is -1.29. The molecule has 14 heavy (non-hydrogen) atoms. The second-order valence-corrected chi connectivity index (χ2v) is 3.64. The summed E-state index contributed by atoms with van der Waals surface area (Å²) in [5, 5.41) is 11.8. The van der Waals surface area contributed by atoms with E-state index in [1.807, 2.05) is 19.1 Å².